The van der Waals surface area contributed by atoms with E-state index >= 15 is 0 Å². The molecule has 0 radical (unpaired) electrons. The van der Waals surface area contributed by atoms with Crippen LogP contribution in [-0.2, 0) is 30.8 Å². The van der Waals surface area contributed by atoms with E-state index in [1.54, 1.807) is 0 Å². The Morgan fingerprint density at radius 2 is 1.91 bits per heavy atom. The Bertz CT molecular complexity index is 1160. The van der Waals surface area contributed by atoms with Gasteiger partial charge in [0.2, 0.25) is 5.91 Å². The van der Waals surface area contributed by atoms with Gasteiger partial charge < -0.3 is 16.0 Å². The minimum absolute atomic E-state index is 0.282. The number of rotatable bonds is 7. The maximum atomic E-state index is 12.2. The van der Waals surface area contributed by atoms with Crippen molar-refractivity contribution >= 4 is 11.7 Å². The molecule has 1 aliphatic heterocycles. The molecule has 0 spiro atoms. The molecule has 3 heterocycles. The molecule has 32 heavy (non-hydrogen) atoms. The molecule has 3 unspecified atom stereocenters. The Balaban J connectivity index is 1.03. The van der Waals surface area contributed by atoms with Gasteiger partial charge in [0.15, 0.2) is 0 Å². The molecule has 8 heteroatoms. The highest BCUT2D eigenvalue weighted by molar-refractivity contribution is 5.84. The van der Waals surface area contributed by atoms with Gasteiger partial charge in [0, 0.05) is 37.3 Å². The summed E-state index contributed by atoms with van der Waals surface area (Å²) in [7, 11) is 0. The van der Waals surface area contributed by atoms with Crippen molar-refractivity contribution in [1.29, 1.82) is 0 Å². The molecule has 3 aromatic rings. The minimum Gasteiger partial charge on any atom is -0.384 e. The number of fused-ring (bicyclic) bond motifs is 2. The Morgan fingerprint density at radius 3 is 2.69 bits per heavy atom. The van der Waals surface area contributed by atoms with Crippen LogP contribution in [0.15, 0.2) is 42.6 Å². The SMILES string of the molecule is Nc1ccc2c(n1)CCC2NCc1cn(Cc2ccc(CN3CC4CC4C3=O)cc2)nn1. The zero-order valence-electron chi connectivity index (χ0n) is 17.9. The Morgan fingerprint density at radius 1 is 1.09 bits per heavy atom. The van der Waals surface area contributed by atoms with Gasteiger partial charge in [-0.1, -0.05) is 35.5 Å². The van der Waals surface area contributed by atoms with Gasteiger partial charge in [-0.05, 0) is 47.9 Å². The summed E-state index contributed by atoms with van der Waals surface area (Å²) in [6, 6.07) is 12.7. The number of benzene rings is 1. The number of carbonyl (C=O) groups is 1. The molecule has 1 aromatic carbocycles. The van der Waals surface area contributed by atoms with Gasteiger partial charge in [0.05, 0.1) is 18.4 Å². The van der Waals surface area contributed by atoms with Crippen LogP contribution in [-0.4, -0.2) is 37.3 Å². The monoisotopic (exact) mass is 429 g/mol. The van der Waals surface area contributed by atoms with E-state index in [1.165, 1.54) is 16.7 Å². The van der Waals surface area contributed by atoms with Crippen LogP contribution in [0, 0.1) is 11.8 Å². The quantitative estimate of drug-likeness (QED) is 0.596. The second-order valence-electron chi connectivity index (χ2n) is 9.29. The summed E-state index contributed by atoms with van der Waals surface area (Å²) in [4.78, 5) is 18.6. The largest absolute Gasteiger partial charge is 0.384 e. The van der Waals surface area contributed by atoms with Crippen molar-refractivity contribution in [3.63, 3.8) is 0 Å². The van der Waals surface area contributed by atoms with Crippen LogP contribution >= 0.6 is 0 Å². The number of anilines is 1. The van der Waals surface area contributed by atoms with Gasteiger partial charge in [-0.3, -0.25) is 4.79 Å². The van der Waals surface area contributed by atoms with Gasteiger partial charge in [-0.25, -0.2) is 9.67 Å². The number of amides is 1. The summed E-state index contributed by atoms with van der Waals surface area (Å²) in [6.45, 7) is 2.99. The Hall–Kier alpha value is -3.26. The summed E-state index contributed by atoms with van der Waals surface area (Å²) >= 11 is 0. The second kappa shape index (κ2) is 7.70. The fraction of sp³-hybridized carbons (Fsp3) is 0.417. The van der Waals surface area contributed by atoms with E-state index in [9.17, 15) is 4.79 Å². The zero-order chi connectivity index (χ0) is 21.7. The van der Waals surface area contributed by atoms with E-state index in [4.69, 9.17) is 5.73 Å². The number of nitrogen functional groups attached to an aromatic ring is 1. The number of nitrogens with two attached hydrogens (primary N) is 1. The molecule has 1 saturated carbocycles. The Labute approximate surface area is 186 Å². The third-order valence-electron chi connectivity index (χ3n) is 6.94. The summed E-state index contributed by atoms with van der Waals surface area (Å²) in [5.74, 6) is 1.87. The lowest BCUT2D eigenvalue weighted by Gasteiger charge is -2.18. The lowest BCUT2D eigenvalue weighted by Crippen LogP contribution is -2.27. The van der Waals surface area contributed by atoms with E-state index in [1.807, 2.05) is 21.8 Å². The van der Waals surface area contributed by atoms with Crippen molar-refractivity contribution in [3.05, 3.63) is 70.7 Å². The van der Waals surface area contributed by atoms with Crippen molar-refractivity contribution in [3.8, 4) is 0 Å². The van der Waals surface area contributed by atoms with E-state index in [0.717, 1.165) is 43.7 Å². The molecule has 1 amide bonds. The topological polar surface area (TPSA) is 102 Å². The van der Waals surface area contributed by atoms with Crippen molar-refractivity contribution in [2.45, 2.75) is 44.9 Å². The molecule has 2 aliphatic carbocycles. The summed E-state index contributed by atoms with van der Waals surface area (Å²) in [5.41, 5.74) is 11.4. The van der Waals surface area contributed by atoms with Crippen LogP contribution in [0.1, 0.15) is 47.0 Å². The average molecular weight is 430 g/mol. The first-order valence-corrected chi connectivity index (χ1v) is 11.4. The fourth-order valence-electron chi connectivity index (χ4n) is 5.08. The van der Waals surface area contributed by atoms with Crippen LogP contribution < -0.4 is 11.1 Å². The van der Waals surface area contributed by atoms with E-state index < -0.39 is 0 Å². The smallest absolute Gasteiger partial charge is 0.226 e. The van der Waals surface area contributed by atoms with Crippen LogP contribution in [0.5, 0.6) is 0 Å². The zero-order valence-corrected chi connectivity index (χ0v) is 17.9. The van der Waals surface area contributed by atoms with Gasteiger partial charge in [0.1, 0.15) is 5.82 Å². The number of hydrogen-bond acceptors (Lipinski definition) is 6. The van der Waals surface area contributed by atoms with Crippen molar-refractivity contribution in [2.24, 2.45) is 11.8 Å². The molecule has 3 atom stereocenters. The number of aryl methyl sites for hydroxylation is 1. The number of piperidine rings is 1. The molecule has 164 valence electrons. The molecule has 2 aromatic heterocycles. The number of nitrogens with one attached hydrogen (secondary N) is 1. The first-order chi connectivity index (χ1) is 15.6. The molecule has 3 N–H and O–H groups in total. The maximum Gasteiger partial charge on any atom is 0.226 e. The molecule has 0 bridgehead atoms. The lowest BCUT2D eigenvalue weighted by molar-refractivity contribution is -0.130. The molecular formula is C24H27N7O. The number of nitrogens with zero attached hydrogens (tertiary/aromatic N) is 5. The molecule has 1 saturated heterocycles. The van der Waals surface area contributed by atoms with Crippen molar-refractivity contribution in [1.82, 2.24) is 30.2 Å². The third-order valence-corrected chi connectivity index (χ3v) is 6.94. The number of likely N-dealkylation sites (tertiary alicyclic amines) is 1. The predicted octanol–water partition coefficient (Wildman–Crippen LogP) is 2.06. The summed E-state index contributed by atoms with van der Waals surface area (Å²) in [5, 5.41) is 12.2. The molecule has 3 aliphatic rings. The average Bonchev–Trinajstić information content (AvgIpc) is 3.09. The summed E-state index contributed by atoms with van der Waals surface area (Å²) in [6.07, 6.45) is 5.07. The second-order valence-corrected chi connectivity index (χ2v) is 9.29. The predicted molar refractivity (Wildman–Crippen MR) is 119 cm³/mol. The molecular weight excluding hydrogens is 402 g/mol. The van der Waals surface area contributed by atoms with Crippen LogP contribution in [0.25, 0.3) is 0 Å². The molecule has 6 rings (SSSR count). The maximum absolute atomic E-state index is 12.2. The van der Waals surface area contributed by atoms with Gasteiger partial charge >= 0.3 is 0 Å². The van der Waals surface area contributed by atoms with Gasteiger partial charge in [-0.2, -0.15) is 0 Å². The first kappa shape index (κ1) is 19.4. The first-order valence-electron chi connectivity index (χ1n) is 11.4. The van der Waals surface area contributed by atoms with E-state index in [-0.39, 0.29) is 6.04 Å². The summed E-state index contributed by atoms with van der Waals surface area (Å²) < 4.78 is 1.87. The van der Waals surface area contributed by atoms with Crippen LogP contribution in [0.2, 0.25) is 0 Å². The molecule has 8 nitrogen and oxygen atoms in total. The lowest BCUT2D eigenvalue weighted by atomic mass is 10.1. The van der Waals surface area contributed by atoms with E-state index in [0.29, 0.717) is 36.7 Å². The highest BCUT2D eigenvalue weighted by Crippen LogP contribution is 2.46. The third kappa shape index (κ3) is 3.75. The highest BCUT2D eigenvalue weighted by atomic mass is 16.2. The van der Waals surface area contributed by atoms with Crippen LogP contribution in [0.3, 0.4) is 0 Å². The van der Waals surface area contributed by atoms with Crippen molar-refractivity contribution in [2.75, 3.05) is 12.3 Å². The minimum atomic E-state index is 0.282. The Kier molecular flexibility index (Phi) is 4.68. The van der Waals surface area contributed by atoms with Crippen molar-refractivity contribution < 1.29 is 4.79 Å². The fourth-order valence-corrected chi connectivity index (χ4v) is 5.08. The van der Waals surface area contributed by atoms with Gasteiger partial charge in [0.25, 0.3) is 0 Å². The number of pyridine rings is 1. The van der Waals surface area contributed by atoms with Gasteiger partial charge in [-0.15, -0.1) is 5.10 Å². The molecule has 2 fully saturated rings. The standard InChI is InChI=1S/C24H27N7O/c25-23-8-5-19-21(6-7-22(19)27-23)26-10-18-14-31(29-28-18)12-16-3-1-15(2-4-16)11-30-13-17-9-20(17)24(30)32/h1-5,8,14,17,20-21,26H,6-7,9-13H2,(H2,25,27). The van der Waals surface area contributed by atoms with Crippen LogP contribution in [0.4, 0.5) is 5.82 Å². The highest BCUT2D eigenvalue weighted by Gasteiger charge is 2.51. The number of aromatic nitrogens is 4. The normalized spacial score (nSPS) is 23.4. The number of carbonyl (C=O) groups excluding carboxylic acids is 1. The van der Waals surface area contributed by atoms with E-state index in [2.05, 4.69) is 50.9 Å². The number of hydrogen-bond donors (Lipinski definition) is 2.